The molecule has 2 aromatic heterocycles. The largest absolute Gasteiger partial charge is 0.508 e. The van der Waals surface area contributed by atoms with Crippen molar-refractivity contribution < 1.29 is 18.3 Å². The van der Waals surface area contributed by atoms with Gasteiger partial charge in [-0.3, -0.25) is 9.78 Å². The number of nitrogens with one attached hydrogen (secondary N) is 1. The van der Waals surface area contributed by atoms with Crippen molar-refractivity contribution in [1.82, 2.24) is 25.0 Å². The minimum absolute atomic E-state index is 0.180. The average Bonchev–Trinajstić information content (AvgIpc) is 3.35. The molecule has 39 heavy (non-hydrogen) atoms. The molecule has 1 fully saturated rings. The first-order valence-corrected chi connectivity index (χ1v) is 12.8. The standard InChI is InChI=1S/C29H30F3N5O2/c1-17-7-18(2)9-19(8-17)24-13-34-26-14-35-37(22-10-20(29(30,31)32)11-23(38)12-22)28(39)27(26)25(24)16-36(3)15-21-5-4-6-33-21/h7-14,21,33,38H,4-6,15-16H2,1-3H3/t21-/m0/s1. The molecule has 0 amide bonds. The number of rotatable bonds is 6. The lowest BCUT2D eigenvalue weighted by molar-refractivity contribution is -0.137. The first-order valence-electron chi connectivity index (χ1n) is 12.8. The molecule has 0 aliphatic carbocycles. The fraction of sp³-hybridized carbons (Fsp3) is 0.345. The van der Waals surface area contributed by atoms with Crippen LogP contribution in [0.2, 0.25) is 0 Å². The molecule has 0 bridgehead atoms. The lowest BCUT2D eigenvalue weighted by Gasteiger charge is -2.23. The van der Waals surface area contributed by atoms with Gasteiger partial charge in [0.25, 0.3) is 5.56 Å². The van der Waals surface area contributed by atoms with E-state index in [2.05, 4.69) is 26.4 Å². The molecular weight excluding hydrogens is 507 g/mol. The van der Waals surface area contributed by atoms with E-state index in [1.165, 1.54) is 6.20 Å². The number of nitrogens with zero attached hydrogens (tertiary/aromatic N) is 4. The van der Waals surface area contributed by atoms with Gasteiger partial charge in [0.1, 0.15) is 5.75 Å². The van der Waals surface area contributed by atoms with Gasteiger partial charge in [-0.15, -0.1) is 0 Å². The average molecular weight is 538 g/mol. The number of aromatic hydroxyl groups is 1. The van der Waals surface area contributed by atoms with Gasteiger partial charge in [0, 0.05) is 37.0 Å². The molecule has 3 heterocycles. The molecule has 5 rings (SSSR count). The fourth-order valence-corrected chi connectivity index (χ4v) is 5.40. The zero-order valence-corrected chi connectivity index (χ0v) is 22.0. The van der Waals surface area contributed by atoms with Gasteiger partial charge in [-0.1, -0.05) is 29.3 Å². The summed E-state index contributed by atoms with van der Waals surface area (Å²) in [5.41, 5.74) is 3.03. The number of hydrogen-bond donors (Lipinski definition) is 2. The zero-order valence-electron chi connectivity index (χ0n) is 22.0. The van der Waals surface area contributed by atoms with Crippen molar-refractivity contribution >= 4 is 10.9 Å². The summed E-state index contributed by atoms with van der Waals surface area (Å²) in [7, 11) is 1.99. The Morgan fingerprint density at radius 2 is 1.85 bits per heavy atom. The van der Waals surface area contributed by atoms with E-state index in [1.54, 1.807) is 6.20 Å². The number of pyridine rings is 1. The van der Waals surface area contributed by atoms with Crippen LogP contribution in [-0.4, -0.2) is 50.9 Å². The number of phenols is 1. The van der Waals surface area contributed by atoms with E-state index in [9.17, 15) is 23.1 Å². The maximum Gasteiger partial charge on any atom is 0.416 e. The second-order valence-electron chi connectivity index (χ2n) is 10.4. The predicted molar refractivity (Wildman–Crippen MR) is 144 cm³/mol. The van der Waals surface area contributed by atoms with E-state index < -0.39 is 23.0 Å². The summed E-state index contributed by atoms with van der Waals surface area (Å²) < 4.78 is 41.3. The summed E-state index contributed by atoms with van der Waals surface area (Å²) in [6.45, 7) is 6.17. The predicted octanol–water partition coefficient (Wildman–Crippen LogP) is 4.97. The number of alkyl halides is 3. The van der Waals surface area contributed by atoms with Crippen molar-refractivity contribution in [2.75, 3.05) is 20.1 Å². The number of fused-ring (bicyclic) bond motifs is 1. The Morgan fingerprint density at radius 3 is 2.51 bits per heavy atom. The molecule has 1 aliphatic rings. The third-order valence-corrected chi connectivity index (χ3v) is 7.05. The summed E-state index contributed by atoms with van der Waals surface area (Å²) in [6, 6.07) is 8.98. The van der Waals surface area contributed by atoms with Crippen LogP contribution in [0, 0.1) is 13.8 Å². The van der Waals surface area contributed by atoms with Crippen LogP contribution in [-0.2, 0) is 12.7 Å². The molecule has 1 aliphatic heterocycles. The highest BCUT2D eigenvalue weighted by molar-refractivity contribution is 5.87. The lowest BCUT2D eigenvalue weighted by atomic mass is 9.95. The highest BCUT2D eigenvalue weighted by atomic mass is 19.4. The number of benzene rings is 2. The summed E-state index contributed by atoms with van der Waals surface area (Å²) in [4.78, 5) is 20.6. The third kappa shape index (κ3) is 5.67. The molecule has 0 unspecified atom stereocenters. The van der Waals surface area contributed by atoms with E-state index in [-0.39, 0.29) is 11.1 Å². The van der Waals surface area contributed by atoms with E-state index in [0.717, 1.165) is 70.6 Å². The van der Waals surface area contributed by atoms with E-state index in [0.29, 0.717) is 24.2 Å². The fourth-order valence-electron chi connectivity index (χ4n) is 5.40. The van der Waals surface area contributed by atoms with E-state index >= 15 is 0 Å². The quantitative estimate of drug-likeness (QED) is 0.361. The molecule has 0 saturated carbocycles. The molecule has 204 valence electrons. The van der Waals surface area contributed by atoms with Crippen molar-refractivity contribution in [2.24, 2.45) is 0 Å². The Morgan fingerprint density at radius 1 is 1.10 bits per heavy atom. The molecule has 0 radical (unpaired) electrons. The van der Waals surface area contributed by atoms with Gasteiger partial charge in [0.05, 0.1) is 28.4 Å². The number of likely N-dealkylation sites (N-methyl/N-ethyl adjacent to an activating group) is 1. The van der Waals surface area contributed by atoms with Crippen molar-refractivity contribution in [1.29, 1.82) is 0 Å². The molecule has 2 aromatic carbocycles. The van der Waals surface area contributed by atoms with Crippen LogP contribution < -0.4 is 10.9 Å². The van der Waals surface area contributed by atoms with Crippen LogP contribution in [0.3, 0.4) is 0 Å². The third-order valence-electron chi connectivity index (χ3n) is 7.05. The van der Waals surface area contributed by atoms with Gasteiger partial charge in [-0.05, 0) is 63.5 Å². The van der Waals surface area contributed by atoms with E-state index in [1.807, 2.05) is 33.0 Å². The highest BCUT2D eigenvalue weighted by Gasteiger charge is 2.32. The van der Waals surface area contributed by atoms with Gasteiger partial charge in [0.15, 0.2) is 0 Å². The van der Waals surface area contributed by atoms with Gasteiger partial charge in [0.2, 0.25) is 0 Å². The second-order valence-corrected chi connectivity index (χ2v) is 10.4. The first-order chi connectivity index (χ1) is 18.5. The van der Waals surface area contributed by atoms with Gasteiger partial charge < -0.3 is 15.3 Å². The molecule has 1 atom stereocenters. The van der Waals surface area contributed by atoms with Gasteiger partial charge in [-0.2, -0.15) is 23.0 Å². The maximum absolute atomic E-state index is 13.9. The summed E-state index contributed by atoms with van der Waals surface area (Å²) in [6.07, 6.45) is 0.593. The molecule has 1 saturated heterocycles. The van der Waals surface area contributed by atoms with Crippen LogP contribution in [0.15, 0.2) is 53.6 Å². The van der Waals surface area contributed by atoms with Gasteiger partial charge in [-0.25, -0.2) is 0 Å². The topological polar surface area (TPSA) is 83.3 Å². The molecule has 7 nitrogen and oxygen atoms in total. The van der Waals surface area contributed by atoms with Crippen molar-refractivity contribution in [3.05, 3.63) is 81.4 Å². The monoisotopic (exact) mass is 537 g/mol. The number of aryl methyl sites for hydroxylation is 2. The Labute approximate surface area is 223 Å². The summed E-state index contributed by atoms with van der Waals surface area (Å²) in [5, 5.41) is 17.9. The molecule has 10 heteroatoms. The number of aromatic nitrogens is 3. The number of halogens is 3. The van der Waals surface area contributed by atoms with Crippen LogP contribution in [0.25, 0.3) is 27.7 Å². The summed E-state index contributed by atoms with van der Waals surface area (Å²) >= 11 is 0. The van der Waals surface area contributed by atoms with Crippen LogP contribution in [0.1, 0.15) is 35.1 Å². The minimum Gasteiger partial charge on any atom is -0.508 e. The smallest absolute Gasteiger partial charge is 0.416 e. The Kier molecular flexibility index (Phi) is 7.17. The number of hydrogen-bond acceptors (Lipinski definition) is 6. The van der Waals surface area contributed by atoms with E-state index in [4.69, 9.17) is 0 Å². The van der Waals surface area contributed by atoms with Crippen LogP contribution >= 0.6 is 0 Å². The maximum atomic E-state index is 13.9. The SMILES string of the molecule is Cc1cc(C)cc(-c2cnc3cnn(-c4cc(O)cc(C(F)(F)F)c4)c(=O)c3c2CN(C)C[C@@H]2CCCN2)c1. The van der Waals surface area contributed by atoms with Crippen molar-refractivity contribution in [3.63, 3.8) is 0 Å². The first kappa shape index (κ1) is 26.8. The molecule has 2 N–H and O–H groups in total. The molecule has 4 aromatic rings. The van der Waals surface area contributed by atoms with Crippen molar-refractivity contribution in [2.45, 2.75) is 45.5 Å². The van der Waals surface area contributed by atoms with Crippen LogP contribution in [0.5, 0.6) is 5.75 Å². The summed E-state index contributed by atoms with van der Waals surface area (Å²) in [5.74, 6) is -0.611. The lowest BCUT2D eigenvalue weighted by Crippen LogP contribution is -2.35. The second kappa shape index (κ2) is 10.4. The van der Waals surface area contributed by atoms with Gasteiger partial charge >= 0.3 is 6.18 Å². The normalized spacial score (nSPS) is 15.9. The Hall–Kier alpha value is -3.76. The molecule has 0 spiro atoms. The number of phenolic OH excluding ortho intramolecular Hbond substituents is 1. The Balaban J connectivity index is 1.71. The zero-order chi connectivity index (χ0) is 27.9. The minimum atomic E-state index is -4.70. The van der Waals surface area contributed by atoms with Crippen LogP contribution in [0.4, 0.5) is 13.2 Å². The van der Waals surface area contributed by atoms with Crippen molar-refractivity contribution in [3.8, 4) is 22.6 Å². The highest BCUT2D eigenvalue weighted by Crippen LogP contribution is 2.34. The Bertz CT molecular complexity index is 1570. The molecular formula is C29H30F3N5O2.